The van der Waals surface area contributed by atoms with Crippen LogP contribution in [0.3, 0.4) is 0 Å². The zero-order valence-electron chi connectivity index (χ0n) is 16.9. The van der Waals surface area contributed by atoms with Gasteiger partial charge in [0.15, 0.2) is 0 Å². The first-order valence-corrected chi connectivity index (χ1v) is 11.5. The van der Waals surface area contributed by atoms with E-state index in [2.05, 4.69) is 4.98 Å². The predicted octanol–water partition coefficient (Wildman–Crippen LogP) is 4.50. The Labute approximate surface area is 180 Å². The Morgan fingerprint density at radius 3 is 2.52 bits per heavy atom. The maximum absolute atomic E-state index is 13.7. The second-order valence-corrected chi connectivity index (χ2v) is 9.55. The molecule has 4 aromatic rings. The lowest BCUT2D eigenvalue weighted by Crippen LogP contribution is -2.20. The van der Waals surface area contributed by atoms with E-state index in [1.165, 1.54) is 3.97 Å². The average molecular weight is 429 g/mol. The fourth-order valence-corrected chi connectivity index (χ4v) is 5.89. The van der Waals surface area contributed by atoms with Gasteiger partial charge in [0.2, 0.25) is 0 Å². The highest BCUT2D eigenvalue weighted by molar-refractivity contribution is 7.90. The second kappa shape index (κ2) is 7.32. The van der Waals surface area contributed by atoms with Crippen LogP contribution in [-0.4, -0.2) is 23.7 Å². The van der Waals surface area contributed by atoms with Gasteiger partial charge in [-0.15, -0.1) is 0 Å². The Balaban J connectivity index is 1.79. The Morgan fingerprint density at radius 2 is 1.81 bits per heavy atom. The number of aryl methyl sites for hydroxylation is 1. The molecule has 1 aliphatic carbocycles. The van der Waals surface area contributed by atoms with Gasteiger partial charge >= 0.3 is 0 Å². The summed E-state index contributed by atoms with van der Waals surface area (Å²) in [6, 6.07) is 18.0. The van der Waals surface area contributed by atoms with Crippen molar-refractivity contribution >= 4 is 33.3 Å². The normalized spacial score (nSPS) is 16.0. The third-order valence-electron chi connectivity index (χ3n) is 5.86. The first kappa shape index (κ1) is 19.5. The molecule has 0 amide bonds. The molecule has 0 spiro atoms. The summed E-state index contributed by atoms with van der Waals surface area (Å²) in [5.74, 6) is -0.255. The first-order valence-electron chi connectivity index (χ1n) is 10.0. The topological polar surface area (TPSA) is 69.0 Å². The van der Waals surface area contributed by atoms with E-state index in [0.717, 1.165) is 28.4 Å². The van der Waals surface area contributed by atoms with Gasteiger partial charge in [0.05, 0.1) is 10.4 Å². The number of aldehydes is 1. The van der Waals surface area contributed by atoms with Crippen LogP contribution in [0.25, 0.3) is 17.0 Å². The molecule has 0 fully saturated rings. The number of pyridine rings is 1. The fourth-order valence-electron chi connectivity index (χ4n) is 4.32. The molecule has 2 aromatic carbocycles. The Bertz CT molecular complexity index is 1430. The van der Waals surface area contributed by atoms with Crippen molar-refractivity contribution in [2.45, 2.75) is 24.2 Å². The third kappa shape index (κ3) is 3.11. The number of benzene rings is 2. The Hall–Kier alpha value is -3.51. The highest BCUT2D eigenvalue weighted by Crippen LogP contribution is 2.40. The molecule has 0 saturated heterocycles. The molecule has 154 valence electrons. The van der Waals surface area contributed by atoms with Gasteiger partial charge in [-0.25, -0.2) is 12.4 Å². The molecular weight excluding hydrogens is 408 g/mol. The van der Waals surface area contributed by atoms with Crippen LogP contribution < -0.4 is 0 Å². The Kier molecular flexibility index (Phi) is 4.59. The number of hydrogen-bond acceptors (Lipinski definition) is 4. The number of aromatic nitrogens is 2. The van der Waals surface area contributed by atoms with Gasteiger partial charge in [-0.2, -0.15) is 0 Å². The minimum Gasteiger partial charge on any atom is -0.298 e. The van der Waals surface area contributed by atoms with Crippen LogP contribution in [0.4, 0.5) is 0 Å². The van der Waals surface area contributed by atoms with Gasteiger partial charge in [0, 0.05) is 46.9 Å². The zero-order chi connectivity index (χ0) is 21.6. The average Bonchev–Trinajstić information content (AvgIpc) is 3.13. The van der Waals surface area contributed by atoms with Crippen molar-refractivity contribution in [3.63, 3.8) is 0 Å². The van der Waals surface area contributed by atoms with Crippen molar-refractivity contribution in [2.75, 3.05) is 0 Å². The van der Waals surface area contributed by atoms with Crippen molar-refractivity contribution in [1.29, 1.82) is 0 Å². The summed E-state index contributed by atoms with van der Waals surface area (Å²) in [6.45, 7) is 1.92. The smallest absolute Gasteiger partial charge is 0.268 e. The van der Waals surface area contributed by atoms with Crippen molar-refractivity contribution < 1.29 is 13.2 Å². The molecule has 1 atom stereocenters. The molecule has 0 aliphatic heterocycles. The van der Waals surface area contributed by atoms with E-state index >= 15 is 0 Å². The number of fused-ring (bicyclic) bond motifs is 3. The first-order chi connectivity index (χ1) is 15.0. The maximum Gasteiger partial charge on any atom is 0.268 e. The van der Waals surface area contributed by atoms with Gasteiger partial charge in [0.1, 0.15) is 6.29 Å². The number of para-hydroxylation sites is 1. The van der Waals surface area contributed by atoms with Crippen molar-refractivity contribution in [2.24, 2.45) is 0 Å². The van der Waals surface area contributed by atoms with E-state index in [0.29, 0.717) is 23.2 Å². The van der Waals surface area contributed by atoms with E-state index in [9.17, 15) is 13.2 Å². The summed E-state index contributed by atoms with van der Waals surface area (Å²) in [5, 5.41) is 0.817. The molecule has 0 bridgehead atoms. The number of carbonyl (C=O) groups excluding carboxylic acids is 1. The molecule has 6 heteroatoms. The third-order valence-corrected chi connectivity index (χ3v) is 7.63. The number of hydrogen-bond donors (Lipinski definition) is 0. The SMILES string of the molecule is Cc1ccc(S(=O)(=O)n2c3c(c4ccccc42)C=C(C=O)[C@@H](c2cccnc2)C3)cc1. The lowest BCUT2D eigenvalue weighted by atomic mass is 9.82. The van der Waals surface area contributed by atoms with Crippen LogP contribution in [0, 0.1) is 6.92 Å². The molecule has 1 aliphatic rings. The van der Waals surface area contributed by atoms with Crippen LogP contribution in [0.2, 0.25) is 0 Å². The maximum atomic E-state index is 13.7. The lowest BCUT2D eigenvalue weighted by Gasteiger charge is -2.23. The zero-order valence-corrected chi connectivity index (χ0v) is 17.7. The molecule has 31 heavy (non-hydrogen) atoms. The molecule has 5 rings (SSSR count). The van der Waals surface area contributed by atoms with Crippen LogP contribution in [0.1, 0.15) is 28.3 Å². The van der Waals surface area contributed by atoms with Crippen LogP contribution in [0.5, 0.6) is 0 Å². The van der Waals surface area contributed by atoms with Crippen molar-refractivity contribution in [3.05, 3.63) is 101 Å². The number of allylic oxidation sites excluding steroid dienone is 1. The molecule has 0 radical (unpaired) electrons. The highest BCUT2D eigenvalue weighted by Gasteiger charge is 2.32. The van der Waals surface area contributed by atoms with Crippen LogP contribution in [0.15, 0.2) is 83.5 Å². The summed E-state index contributed by atoms with van der Waals surface area (Å²) in [7, 11) is -3.83. The second-order valence-electron chi connectivity index (χ2n) is 7.77. The summed E-state index contributed by atoms with van der Waals surface area (Å²) in [4.78, 5) is 16.4. The van der Waals surface area contributed by atoms with Gasteiger partial charge in [-0.3, -0.25) is 9.78 Å². The molecule has 0 unspecified atom stereocenters. The van der Waals surface area contributed by atoms with E-state index < -0.39 is 10.0 Å². The molecular formula is C25H20N2O3S. The van der Waals surface area contributed by atoms with Crippen molar-refractivity contribution in [1.82, 2.24) is 8.96 Å². The standard InChI is InChI=1S/C25H20N2O3S/c1-17-8-10-20(11-9-17)31(29,30)27-24-7-3-2-6-21(24)23-13-19(16-28)22(14-25(23)27)18-5-4-12-26-15-18/h2-13,15-16,22H,14H2,1H3/t22-/m1/s1. The monoisotopic (exact) mass is 428 g/mol. The van der Waals surface area contributed by atoms with Crippen LogP contribution in [-0.2, 0) is 21.2 Å². The minimum atomic E-state index is -3.83. The molecule has 0 saturated carbocycles. The largest absolute Gasteiger partial charge is 0.298 e. The van der Waals surface area contributed by atoms with Crippen molar-refractivity contribution in [3.8, 4) is 0 Å². The van der Waals surface area contributed by atoms with E-state index in [1.54, 1.807) is 36.7 Å². The van der Waals surface area contributed by atoms with Gasteiger partial charge < -0.3 is 0 Å². The highest BCUT2D eigenvalue weighted by atomic mass is 32.2. The summed E-state index contributed by atoms with van der Waals surface area (Å²) in [6.07, 6.45) is 6.49. The van der Waals surface area contributed by atoms with Gasteiger partial charge in [-0.05, 0) is 42.8 Å². The summed E-state index contributed by atoms with van der Waals surface area (Å²) < 4.78 is 28.9. The van der Waals surface area contributed by atoms with E-state index in [4.69, 9.17) is 0 Å². The predicted molar refractivity (Wildman–Crippen MR) is 120 cm³/mol. The number of nitrogens with zero attached hydrogens (tertiary/aromatic N) is 2. The molecule has 2 aromatic heterocycles. The molecule has 2 heterocycles. The minimum absolute atomic E-state index is 0.241. The van der Waals surface area contributed by atoms with E-state index in [1.807, 2.05) is 49.4 Å². The van der Waals surface area contributed by atoms with Gasteiger partial charge in [-0.1, -0.05) is 42.0 Å². The fraction of sp³-hybridized carbons (Fsp3) is 0.120. The van der Waals surface area contributed by atoms with Crippen LogP contribution >= 0.6 is 0 Å². The summed E-state index contributed by atoms with van der Waals surface area (Å²) in [5.41, 5.74) is 4.58. The number of rotatable bonds is 4. The number of carbonyl (C=O) groups is 1. The quantitative estimate of drug-likeness (QED) is 0.449. The molecule has 5 nitrogen and oxygen atoms in total. The lowest BCUT2D eigenvalue weighted by molar-refractivity contribution is -0.105. The Morgan fingerprint density at radius 1 is 1.03 bits per heavy atom. The van der Waals surface area contributed by atoms with E-state index in [-0.39, 0.29) is 10.8 Å². The van der Waals surface area contributed by atoms with Gasteiger partial charge in [0.25, 0.3) is 10.0 Å². The summed E-state index contributed by atoms with van der Waals surface area (Å²) >= 11 is 0. The molecule has 0 N–H and O–H groups in total.